The zero-order chi connectivity index (χ0) is 90.0. The predicted octanol–water partition coefficient (Wildman–Crippen LogP) is 16.4. The van der Waals surface area contributed by atoms with Crippen LogP contribution in [0.3, 0.4) is 0 Å². The van der Waals surface area contributed by atoms with E-state index >= 15 is 0 Å². The molecule has 29 nitrogen and oxygen atoms in total. The quantitative estimate of drug-likeness (QED) is 0.0125. The summed E-state index contributed by atoms with van der Waals surface area (Å²) in [4.78, 5) is -0.961. The van der Waals surface area contributed by atoms with Crippen LogP contribution >= 0.6 is 0 Å². The van der Waals surface area contributed by atoms with Gasteiger partial charge in [-0.15, -0.1) is 0 Å². The number of unbranched alkanes of at least 4 members (excludes halogenated alkanes) is 27. The highest BCUT2D eigenvalue weighted by Crippen LogP contribution is 2.36. The van der Waals surface area contributed by atoms with Crippen LogP contribution in [-0.4, -0.2) is 212 Å². The Labute approximate surface area is 721 Å². The van der Waals surface area contributed by atoms with Gasteiger partial charge in [-0.2, -0.15) is 25.8 Å². The van der Waals surface area contributed by atoms with E-state index in [-0.39, 0.29) is 107 Å². The standard InChI is InChI=1S/C32H52N2O8S2.C28H44N2O8S2.C26H40N2O7S2/c1-3-5-7-9-11-13-15-21-33(43(39,40)27-17-19-29(35)31(37)25-27)23-24-34(22-16-14-12-10-8-6-4-2)44(41,42)28-18-20-30(36)32(38)26-28;1-3-5-7-9-11-17-29(39(35,36)23-13-15-25(31)27(33)21-23)19-20-30(18-12-10-8-6-4-2)40(37,38)24-14-16-26(32)28(34)22-24;1-4-5-6-7-8-9-10-11-16-28(37(34,35)23-13-15-25(30)26(31)20-23)18-17-27(3)36(32,33)22-12-14-24(29)21(2)19-22/h17-20,25-26,35-38H,3-16,21-24H2,1-2H3;13-16,21-22,31-34H,3-12,17-20H2,1-2H3;12-15,19-20,29-31H,4-11,16-18H2,1-3H3. The number of phenols is 11. The lowest BCUT2D eigenvalue weighted by molar-refractivity contribution is 0.332. The van der Waals surface area contributed by atoms with Crippen molar-refractivity contribution in [3.05, 3.63) is 115 Å². The highest BCUT2D eigenvalue weighted by Gasteiger charge is 2.34. The van der Waals surface area contributed by atoms with Crippen LogP contribution in [0.5, 0.6) is 63.2 Å². The molecule has 6 aromatic carbocycles. The molecule has 0 bridgehead atoms. The molecule has 0 heterocycles. The van der Waals surface area contributed by atoms with Crippen LogP contribution in [0.2, 0.25) is 0 Å². The van der Waals surface area contributed by atoms with Crippen LogP contribution in [0.4, 0.5) is 0 Å². The van der Waals surface area contributed by atoms with Gasteiger partial charge in [0.25, 0.3) is 0 Å². The molecule has 0 aliphatic carbocycles. The Morgan fingerprint density at radius 2 is 0.364 bits per heavy atom. The molecule has 0 aliphatic rings. The molecule has 0 fully saturated rings. The Morgan fingerprint density at radius 1 is 0.198 bits per heavy atom. The summed E-state index contributed by atoms with van der Waals surface area (Å²) >= 11 is 0. The number of hydrogen-bond acceptors (Lipinski definition) is 23. The van der Waals surface area contributed by atoms with Gasteiger partial charge in [0, 0.05) is 109 Å². The molecule has 0 saturated carbocycles. The maximum Gasteiger partial charge on any atom is 0.243 e. The number of rotatable bonds is 58. The molecule has 0 amide bonds. The van der Waals surface area contributed by atoms with E-state index in [1.54, 1.807) is 6.92 Å². The van der Waals surface area contributed by atoms with Crippen molar-refractivity contribution < 1.29 is 107 Å². The van der Waals surface area contributed by atoms with Crippen LogP contribution < -0.4 is 0 Å². The fourth-order valence-electron chi connectivity index (χ4n) is 13.3. The molecule has 0 aromatic heterocycles. The summed E-state index contributed by atoms with van der Waals surface area (Å²) in [5.74, 6) is -4.99. The molecule has 0 spiro atoms. The second kappa shape index (κ2) is 53.7. The molecule has 0 unspecified atom stereocenters. The van der Waals surface area contributed by atoms with Crippen molar-refractivity contribution in [2.75, 3.05) is 79.0 Å². The van der Waals surface area contributed by atoms with Crippen molar-refractivity contribution in [2.24, 2.45) is 0 Å². The van der Waals surface area contributed by atoms with Gasteiger partial charge in [-0.1, -0.05) is 208 Å². The first-order valence-electron chi connectivity index (χ1n) is 42.7. The number of nitrogens with zero attached hydrogens (tertiary/aromatic N) is 6. The van der Waals surface area contributed by atoms with Crippen LogP contribution in [0.15, 0.2) is 139 Å². The second-order valence-electron chi connectivity index (χ2n) is 30.6. The number of sulfonamides is 6. The number of likely N-dealkylation sites (N-methyl/N-ethyl adjacent to an activating group) is 1. The number of aromatic hydroxyl groups is 11. The second-order valence-corrected chi connectivity index (χ2v) is 42.3. The third-order valence-corrected chi connectivity index (χ3v) is 32.3. The van der Waals surface area contributed by atoms with Gasteiger partial charge >= 0.3 is 0 Å². The zero-order valence-electron chi connectivity index (χ0n) is 71.7. The highest BCUT2D eigenvalue weighted by molar-refractivity contribution is 7.90. The Bertz CT molecular complexity index is 4610. The molecule has 0 saturated heterocycles. The van der Waals surface area contributed by atoms with Gasteiger partial charge in [-0.3, -0.25) is 0 Å². The minimum Gasteiger partial charge on any atom is -0.508 e. The molecule has 0 atom stereocenters. The fraction of sp³-hybridized carbons (Fsp3) is 0.581. The molecular formula is C86H136N6O23S6. The summed E-state index contributed by atoms with van der Waals surface area (Å²) in [6.45, 7) is 12.4. The third kappa shape index (κ3) is 34.6. The number of aryl methyl sites for hydroxylation is 1. The third-order valence-electron chi connectivity index (χ3n) is 21.0. The lowest BCUT2D eigenvalue weighted by Crippen LogP contribution is -2.42. The molecule has 121 heavy (non-hydrogen) atoms. The summed E-state index contributed by atoms with van der Waals surface area (Å²) < 4.78 is 169. The van der Waals surface area contributed by atoms with Crippen molar-refractivity contribution >= 4 is 60.1 Å². The van der Waals surface area contributed by atoms with E-state index in [9.17, 15) is 107 Å². The summed E-state index contributed by atoms with van der Waals surface area (Å²) in [6, 6.07) is 20.5. The fourth-order valence-corrected chi connectivity index (χ4v) is 22.0. The van der Waals surface area contributed by atoms with Crippen molar-refractivity contribution in [3.8, 4) is 63.2 Å². The smallest absolute Gasteiger partial charge is 0.243 e. The van der Waals surface area contributed by atoms with Crippen molar-refractivity contribution in [3.63, 3.8) is 0 Å². The Kier molecular flexibility index (Phi) is 47.0. The molecule has 0 radical (unpaired) electrons. The monoisotopic (exact) mass is 1810 g/mol. The maximum absolute atomic E-state index is 13.7. The number of benzene rings is 6. The van der Waals surface area contributed by atoms with E-state index < -0.39 is 118 Å². The van der Waals surface area contributed by atoms with Crippen LogP contribution in [0.1, 0.15) is 246 Å². The average molecular weight is 1810 g/mol. The first-order valence-corrected chi connectivity index (χ1v) is 51.3. The zero-order valence-corrected chi connectivity index (χ0v) is 76.6. The Hall–Kier alpha value is -7.42. The molecule has 684 valence electrons. The summed E-state index contributed by atoms with van der Waals surface area (Å²) in [5.41, 5.74) is 0.417. The molecule has 6 rings (SSSR count). The minimum atomic E-state index is -4.13. The van der Waals surface area contributed by atoms with E-state index in [4.69, 9.17) is 0 Å². The van der Waals surface area contributed by atoms with Gasteiger partial charge in [0.2, 0.25) is 60.1 Å². The van der Waals surface area contributed by atoms with Gasteiger partial charge in [0.05, 0.1) is 29.4 Å². The van der Waals surface area contributed by atoms with Gasteiger partial charge in [-0.25, -0.2) is 50.5 Å². The first kappa shape index (κ1) is 106. The van der Waals surface area contributed by atoms with Gasteiger partial charge in [-0.05, 0) is 123 Å². The van der Waals surface area contributed by atoms with Crippen LogP contribution in [-0.2, 0) is 60.1 Å². The van der Waals surface area contributed by atoms with Crippen LogP contribution in [0.25, 0.3) is 0 Å². The van der Waals surface area contributed by atoms with E-state index in [2.05, 4.69) is 34.6 Å². The van der Waals surface area contributed by atoms with Crippen molar-refractivity contribution in [1.29, 1.82) is 0 Å². The van der Waals surface area contributed by atoms with Gasteiger partial charge in [0.15, 0.2) is 57.5 Å². The molecule has 6 aromatic rings. The molecule has 35 heteroatoms. The normalized spacial score (nSPS) is 12.4. The van der Waals surface area contributed by atoms with Gasteiger partial charge in [0.1, 0.15) is 5.75 Å². The highest BCUT2D eigenvalue weighted by atomic mass is 32.2. The van der Waals surface area contributed by atoms with Crippen molar-refractivity contribution in [2.45, 2.75) is 276 Å². The topological polar surface area (TPSA) is 447 Å². The lowest BCUT2D eigenvalue weighted by atomic mass is 10.1. The van der Waals surface area contributed by atoms with E-state index in [1.165, 1.54) is 96.4 Å². The van der Waals surface area contributed by atoms with Crippen LogP contribution in [0, 0.1) is 6.92 Å². The van der Waals surface area contributed by atoms with Gasteiger partial charge < -0.3 is 56.2 Å². The molecular weight excluding hydrogens is 1680 g/mol. The van der Waals surface area contributed by atoms with E-state index in [0.29, 0.717) is 37.7 Å². The van der Waals surface area contributed by atoms with E-state index in [0.717, 1.165) is 219 Å². The summed E-state index contributed by atoms with van der Waals surface area (Å²) in [7, 11) is -23.1. The first-order chi connectivity index (χ1) is 57.3. The van der Waals surface area contributed by atoms with Crippen molar-refractivity contribution in [1.82, 2.24) is 25.8 Å². The number of hydrogen-bond donors (Lipinski definition) is 11. The predicted molar refractivity (Wildman–Crippen MR) is 471 cm³/mol. The summed E-state index contributed by atoms with van der Waals surface area (Å²) in [6.07, 6.45) is 30.8. The Morgan fingerprint density at radius 3 is 0.545 bits per heavy atom. The largest absolute Gasteiger partial charge is 0.508 e. The maximum atomic E-state index is 13.7. The number of phenolic OH excluding ortho intramolecular Hbond substituents is 11. The van der Waals surface area contributed by atoms with E-state index in [1.807, 2.05) is 0 Å². The molecule has 0 aliphatic heterocycles. The SMILES string of the molecule is CCCCCCCCCCN(CCN(C)S(=O)(=O)c1ccc(O)c(C)c1)S(=O)(=O)c1ccc(O)c(O)c1.CCCCCCCCCN(CCN(CCCCCCCCC)S(=O)(=O)c1ccc(O)c(O)c1)S(=O)(=O)c1ccc(O)c(O)c1.CCCCCCCN(CCN(CCCCCCC)S(=O)(=O)c1ccc(O)c(O)c1)S(=O)(=O)c1ccc(O)c(O)c1. The lowest BCUT2D eigenvalue weighted by Gasteiger charge is -2.27. The average Bonchev–Trinajstić information content (AvgIpc) is 0.812. The summed E-state index contributed by atoms with van der Waals surface area (Å²) in [5, 5.41) is 108. The minimum absolute atomic E-state index is 0.00578. The Balaban J connectivity index is 0.000000383. The molecule has 11 N–H and O–H groups in total.